The van der Waals surface area contributed by atoms with Crippen LogP contribution in [-0.4, -0.2) is 97.6 Å². The highest BCUT2D eigenvalue weighted by Gasteiger charge is 2.33. The standard InChI is InChI=1S/C19H16O2.C14H12O2.C12H16O2.C8H11NO2.C5H7N5.C5H5NO2.C4H3NO2/c1-13(2)19(20)21-12-18-16-9-5-3-7-14(16)11-15-8-4-6-10-17(15)18;1-3-11-4-5-13-9-14(16-10(2)15)7-6-12(13)8-11;1-4-11-6-8-12(9-7-11)14-10(3)13-5-2;1-8(2,3)9-6(10)4-5-7(9)11;1-2-3-8-4(6)10-5(7)9-3;1-6-4(7)2-3-5(6)8;6-3-1-2-4(7)5-3/h3-11H,1,12H2,2H3;3-9H,1H2,2H3;4,6-10H,1,5H2,2-3H3;4-5H,1-3H3;2H,1H2,(H4,6,7,8,9,10);2-3H,1H3;1-2H,(H,5,6,7). The average Bonchev–Trinajstić information content (AvgIpc) is 1.71. The summed E-state index contributed by atoms with van der Waals surface area (Å²) in [7, 11) is 1.45. The van der Waals surface area contributed by atoms with Crippen molar-refractivity contribution in [2.45, 2.75) is 66.9 Å². The van der Waals surface area contributed by atoms with E-state index in [1.807, 2.05) is 119 Å². The number of likely N-dealkylation sites (N-methyl/N-ethyl adjacent to an activating group) is 1. The van der Waals surface area contributed by atoms with E-state index in [4.69, 9.17) is 30.4 Å². The molecule has 0 spiro atoms. The number of fused-ring (bicyclic) bond motifs is 3. The highest BCUT2D eigenvalue weighted by Crippen LogP contribution is 2.29. The Kier molecular flexibility index (Phi) is 26.3. The lowest BCUT2D eigenvalue weighted by atomic mass is 9.97. The molecule has 0 fully saturated rings. The SMILES string of the molecule is C=C(C)C(=O)OCc1c2ccccc2cc2ccccc12.C=Cc1ccc(OC(C)OCC)cc1.C=Cc1ccc2cc(OC(C)=O)ccc2c1.C=Cc1nc(N)nc(N)n1.CC(C)(C)N1C(=O)C=CC1=O.CN1C(=O)C=CC1=O.O=C1C=CC(=O)N1. The number of aromatic nitrogens is 3. The molecule has 6 aromatic carbocycles. The van der Waals surface area contributed by atoms with Crippen LogP contribution in [0.5, 0.6) is 11.5 Å². The maximum absolute atomic E-state index is 11.7. The van der Waals surface area contributed by atoms with Crippen molar-refractivity contribution in [1.29, 1.82) is 0 Å². The van der Waals surface area contributed by atoms with Crippen LogP contribution in [0.3, 0.4) is 0 Å². The second-order valence-electron chi connectivity index (χ2n) is 19.5. The van der Waals surface area contributed by atoms with Crippen molar-refractivity contribution in [2.24, 2.45) is 0 Å². The van der Waals surface area contributed by atoms with Crippen LogP contribution in [-0.2, 0) is 54.4 Å². The second-order valence-corrected chi connectivity index (χ2v) is 19.5. The number of nitrogens with two attached hydrogens (primary N) is 2. The van der Waals surface area contributed by atoms with Crippen molar-refractivity contribution in [1.82, 2.24) is 30.1 Å². The second kappa shape index (κ2) is 33.3. The molecule has 0 radical (unpaired) electrons. The number of hydrogen-bond acceptors (Lipinski definition) is 17. The minimum atomic E-state index is -0.405. The number of ether oxygens (including phenoxy) is 4. The Bertz CT molecular complexity index is 3680. The van der Waals surface area contributed by atoms with Gasteiger partial charge in [0, 0.05) is 73.7 Å². The van der Waals surface area contributed by atoms with Crippen LogP contribution in [0.1, 0.15) is 71.0 Å². The van der Waals surface area contributed by atoms with E-state index in [1.165, 1.54) is 61.4 Å². The predicted molar refractivity (Wildman–Crippen MR) is 338 cm³/mol. The molecule has 6 amide bonds. The Morgan fingerprint density at radius 1 is 0.621 bits per heavy atom. The fourth-order valence-electron chi connectivity index (χ4n) is 7.68. The highest BCUT2D eigenvalue weighted by atomic mass is 16.7. The number of benzene rings is 6. The first kappa shape index (κ1) is 68.5. The van der Waals surface area contributed by atoms with Gasteiger partial charge in [0.05, 0.1) is 0 Å². The number of anilines is 2. The van der Waals surface area contributed by atoms with Gasteiger partial charge >= 0.3 is 11.9 Å². The van der Waals surface area contributed by atoms with Crippen molar-refractivity contribution in [3.8, 4) is 11.5 Å². The van der Waals surface area contributed by atoms with Gasteiger partial charge < -0.3 is 30.4 Å². The number of hydrogen-bond donors (Lipinski definition) is 3. The third kappa shape index (κ3) is 22.3. The van der Waals surface area contributed by atoms with Crippen molar-refractivity contribution in [2.75, 3.05) is 25.1 Å². The summed E-state index contributed by atoms with van der Waals surface area (Å²) >= 11 is 0. The Morgan fingerprint density at radius 3 is 1.53 bits per heavy atom. The normalized spacial score (nSPS) is 12.9. The monoisotopic (exact) mass is 1180 g/mol. The summed E-state index contributed by atoms with van der Waals surface area (Å²) in [6, 6.07) is 37.8. The number of carbonyl (C=O) groups excluding carboxylic acids is 8. The molecule has 0 saturated carbocycles. The molecule has 20 nitrogen and oxygen atoms in total. The maximum atomic E-state index is 11.7. The number of esters is 2. The third-order valence-electron chi connectivity index (χ3n) is 11.7. The van der Waals surface area contributed by atoms with Crippen LogP contribution in [0.2, 0.25) is 0 Å². The number of nitrogens with one attached hydrogen (secondary N) is 1. The molecule has 3 aliphatic rings. The van der Waals surface area contributed by atoms with Crippen molar-refractivity contribution in [3.05, 3.63) is 206 Å². The number of amides is 6. The van der Waals surface area contributed by atoms with Crippen LogP contribution in [0, 0.1) is 0 Å². The van der Waals surface area contributed by atoms with Crippen LogP contribution >= 0.6 is 0 Å². The van der Waals surface area contributed by atoms with E-state index >= 15 is 0 Å². The van der Waals surface area contributed by atoms with Gasteiger partial charge in [-0.2, -0.15) is 15.0 Å². The van der Waals surface area contributed by atoms with Gasteiger partial charge in [-0.25, -0.2) is 4.79 Å². The van der Waals surface area contributed by atoms with Gasteiger partial charge in [-0.1, -0.05) is 117 Å². The summed E-state index contributed by atoms with van der Waals surface area (Å²) in [6.07, 6.45) is 12.4. The van der Waals surface area contributed by atoms with Crippen molar-refractivity contribution < 1.29 is 57.3 Å². The van der Waals surface area contributed by atoms with E-state index in [9.17, 15) is 38.4 Å². The lowest BCUT2D eigenvalue weighted by Crippen LogP contribution is -2.45. The molecule has 0 saturated heterocycles. The summed E-state index contributed by atoms with van der Waals surface area (Å²) in [5.41, 5.74) is 13.7. The third-order valence-corrected chi connectivity index (χ3v) is 11.7. The zero-order valence-electron chi connectivity index (χ0n) is 49.8. The predicted octanol–water partition coefficient (Wildman–Crippen LogP) is 10.2. The first-order valence-corrected chi connectivity index (χ1v) is 26.8. The molecular weight excluding hydrogens is 1110 g/mol. The number of rotatable bonds is 11. The van der Waals surface area contributed by atoms with Gasteiger partial charge in [0.25, 0.3) is 35.4 Å². The molecule has 5 N–H and O–H groups in total. The fourth-order valence-corrected chi connectivity index (χ4v) is 7.68. The van der Waals surface area contributed by atoms with E-state index in [-0.39, 0.29) is 72.2 Å². The summed E-state index contributed by atoms with van der Waals surface area (Å²) in [5, 5.41) is 8.71. The van der Waals surface area contributed by atoms with Crippen LogP contribution < -0.4 is 26.3 Å². The summed E-state index contributed by atoms with van der Waals surface area (Å²) in [6.45, 7) is 27.8. The quantitative estimate of drug-likeness (QED) is 0.0271. The first-order chi connectivity index (χ1) is 41.3. The Hall–Kier alpha value is -11.0. The van der Waals surface area contributed by atoms with Gasteiger partial charge in [0.1, 0.15) is 18.1 Å². The average molecular weight is 1180 g/mol. The van der Waals surface area contributed by atoms with Crippen LogP contribution in [0.25, 0.3) is 50.5 Å². The van der Waals surface area contributed by atoms with E-state index in [2.05, 4.69) is 71.6 Å². The van der Waals surface area contributed by atoms with Gasteiger partial charge in [-0.05, 0) is 127 Å². The minimum Gasteiger partial charge on any atom is -0.465 e. The van der Waals surface area contributed by atoms with Crippen molar-refractivity contribution in [3.63, 3.8) is 0 Å². The molecular formula is C67H70N8O12. The molecule has 87 heavy (non-hydrogen) atoms. The lowest BCUT2D eigenvalue weighted by Gasteiger charge is -2.29. The topological polar surface area (TPSA) is 283 Å². The van der Waals surface area contributed by atoms with Crippen molar-refractivity contribution >= 4 is 110 Å². The number of imide groups is 3. The fraction of sp³-hybridized carbons (Fsp3) is 0.179. The molecule has 1 aromatic heterocycles. The maximum Gasteiger partial charge on any atom is 0.333 e. The largest absolute Gasteiger partial charge is 0.465 e. The molecule has 20 heteroatoms. The molecule has 4 heterocycles. The zero-order valence-corrected chi connectivity index (χ0v) is 49.8. The molecule has 1 unspecified atom stereocenters. The minimum absolute atomic E-state index is 0.113. The van der Waals surface area contributed by atoms with E-state index < -0.39 is 5.54 Å². The van der Waals surface area contributed by atoms with E-state index in [0.717, 1.165) is 59.7 Å². The number of nitrogens with zero attached hydrogens (tertiary/aromatic N) is 5. The van der Waals surface area contributed by atoms with Crippen LogP contribution in [0.4, 0.5) is 11.9 Å². The molecule has 3 aliphatic heterocycles. The molecule has 1 atom stereocenters. The lowest BCUT2D eigenvalue weighted by molar-refractivity contribution is -0.142. The number of nitrogen functional groups attached to an aromatic ring is 2. The Balaban J connectivity index is 0.000000224. The van der Waals surface area contributed by atoms with Crippen LogP contribution in [0.15, 0.2) is 184 Å². The molecule has 450 valence electrons. The molecule has 7 aromatic rings. The number of carbonyl (C=O) groups is 8. The summed E-state index contributed by atoms with van der Waals surface area (Å²) < 4.78 is 21.1. The van der Waals surface area contributed by atoms with Gasteiger partial charge in [0.15, 0.2) is 12.1 Å². The van der Waals surface area contributed by atoms with Gasteiger partial charge in [-0.3, -0.25) is 48.7 Å². The van der Waals surface area contributed by atoms with E-state index in [1.54, 1.807) is 25.1 Å². The smallest absolute Gasteiger partial charge is 0.333 e. The Morgan fingerprint density at radius 2 is 1.10 bits per heavy atom. The molecule has 10 rings (SSSR count). The van der Waals surface area contributed by atoms with Gasteiger partial charge in [-0.15, -0.1) is 0 Å². The van der Waals surface area contributed by atoms with E-state index in [0.29, 0.717) is 23.8 Å². The summed E-state index contributed by atoms with van der Waals surface area (Å²) in [5.74, 6) is -0.225. The first-order valence-electron chi connectivity index (χ1n) is 26.8. The highest BCUT2D eigenvalue weighted by molar-refractivity contribution is 6.14. The zero-order chi connectivity index (χ0) is 64.4. The molecule has 0 aliphatic carbocycles. The Labute approximate surface area is 504 Å². The summed E-state index contributed by atoms with van der Waals surface area (Å²) in [4.78, 5) is 98.7. The van der Waals surface area contributed by atoms with Gasteiger partial charge in [0.2, 0.25) is 11.9 Å². The molecule has 0 bridgehead atoms.